The predicted octanol–water partition coefficient (Wildman–Crippen LogP) is 3.91. The van der Waals surface area contributed by atoms with Crippen LogP contribution in [-0.2, 0) is 4.79 Å². The summed E-state index contributed by atoms with van der Waals surface area (Å²) in [4.78, 5) is 16.3. The van der Waals surface area contributed by atoms with E-state index in [0.29, 0.717) is 28.7 Å². The van der Waals surface area contributed by atoms with Gasteiger partial charge in [0.25, 0.3) is 0 Å². The van der Waals surface area contributed by atoms with Crippen molar-refractivity contribution in [3.63, 3.8) is 0 Å². The highest BCUT2D eigenvalue weighted by Crippen LogP contribution is 2.43. The molecule has 0 bridgehead atoms. The van der Waals surface area contributed by atoms with E-state index in [1.807, 2.05) is 31.2 Å². The highest BCUT2D eigenvalue weighted by molar-refractivity contribution is 5.96. The van der Waals surface area contributed by atoms with Crippen molar-refractivity contribution < 1.29 is 23.7 Å². The number of carbonyl (C=O) groups is 1. The molecule has 144 valence electrons. The Morgan fingerprint density at radius 2 is 1.75 bits per heavy atom. The Labute approximate surface area is 162 Å². The van der Waals surface area contributed by atoms with Gasteiger partial charge in [-0.15, -0.1) is 0 Å². The van der Waals surface area contributed by atoms with Crippen LogP contribution in [0.4, 0.5) is 5.69 Å². The van der Waals surface area contributed by atoms with Gasteiger partial charge in [-0.25, -0.2) is 4.98 Å². The molecule has 1 aliphatic rings. The average molecular weight is 380 g/mol. The van der Waals surface area contributed by atoms with Crippen molar-refractivity contribution in [2.45, 2.75) is 13.8 Å². The number of hydrogen-bond donors (Lipinski definition) is 1. The molecule has 0 unspecified atom stereocenters. The zero-order valence-corrected chi connectivity index (χ0v) is 16.1. The van der Waals surface area contributed by atoms with E-state index in [0.717, 1.165) is 27.7 Å². The molecule has 7 heteroatoms. The first kappa shape index (κ1) is 17.9. The molecule has 2 aromatic carbocycles. The van der Waals surface area contributed by atoms with Crippen LogP contribution in [0.25, 0.3) is 22.2 Å². The van der Waals surface area contributed by atoms with Gasteiger partial charge in [-0.1, -0.05) is 0 Å². The first-order chi connectivity index (χ1) is 13.5. The Bertz CT molecular complexity index is 1090. The summed E-state index contributed by atoms with van der Waals surface area (Å²) in [5.74, 6) is 2.35. The molecule has 3 aromatic rings. The molecule has 0 fully saturated rings. The lowest BCUT2D eigenvalue weighted by atomic mass is 10.0. The number of hydrogen-bond acceptors (Lipinski definition) is 6. The summed E-state index contributed by atoms with van der Waals surface area (Å²) in [6.45, 7) is 3.65. The van der Waals surface area contributed by atoms with Gasteiger partial charge in [-0.05, 0) is 30.7 Å². The third-order valence-corrected chi connectivity index (χ3v) is 4.62. The van der Waals surface area contributed by atoms with Crippen molar-refractivity contribution in [3.8, 4) is 34.3 Å². The van der Waals surface area contributed by atoms with Gasteiger partial charge < -0.3 is 24.3 Å². The summed E-state index contributed by atoms with van der Waals surface area (Å²) in [6, 6.07) is 9.35. The fraction of sp³-hybridized carbons (Fsp3) is 0.238. The maximum absolute atomic E-state index is 11.5. The molecule has 0 radical (unpaired) electrons. The van der Waals surface area contributed by atoms with E-state index in [-0.39, 0.29) is 12.7 Å². The normalized spacial score (nSPS) is 12.1. The predicted molar refractivity (Wildman–Crippen MR) is 105 cm³/mol. The molecule has 1 aromatic heterocycles. The quantitative estimate of drug-likeness (QED) is 0.739. The van der Waals surface area contributed by atoms with Crippen molar-refractivity contribution >= 4 is 22.5 Å². The minimum absolute atomic E-state index is 0.162. The SMILES string of the molecule is COc1cc2nc(-c3cc4c(cc3OC)OCO4)cc(C)c2cc1NC(C)=O. The lowest BCUT2D eigenvalue weighted by Gasteiger charge is -2.14. The molecule has 2 heterocycles. The van der Waals surface area contributed by atoms with E-state index in [4.69, 9.17) is 23.9 Å². The number of aromatic nitrogens is 1. The molecule has 28 heavy (non-hydrogen) atoms. The number of carbonyl (C=O) groups excluding carboxylic acids is 1. The number of rotatable bonds is 4. The number of aryl methyl sites for hydroxylation is 1. The van der Waals surface area contributed by atoms with Crippen LogP contribution in [-0.4, -0.2) is 31.9 Å². The number of methoxy groups -OCH3 is 2. The molecule has 0 atom stereocenters. The minimum Gasteiger partial charge on any atom is -0.496 e. The molecular weight excluding hydrogens is 360 g/mol. The summed E-state index contributed by atoms with van der Waals surface area (Å²) >= 11 is 0. The molecule has 0 spiro atoms. The van der Waals surface area contributed by atoms with Crippen molar-refractivity contribution in [3.05, 3.63) is 35.9 Å². The number of anilines is 1. The van der Waals surface area contributed by atoms with Crippen molar-refractivity contribution in [2.24, 2.45) is 0 Å². The number of nitrogens with one attached hydrogen (secondary N) is 1. The Balaban J connectivity index is 1.89. The van der Waals surface area contributed by atoms with Crippen LogP contribution in [0.3, 0.4) is 0 Å². The van der Waals surface area contributed by atoms with Crippen molar-refractivity contribution in [2.75, 3.05) is 26.3 Å². The highest BCUT2D eigenvalue weighted by atomic mass is 16.7. The van der Waals surface area contributed by atoms with Crippen LogP contribution < -0.4 is 24.3 Å². The van der Waals surface area contributed by atoms with Crippen LogP contribution in [0.5, 0.6) is 23.0 Å². The fourth-order valence-electron chi connectivity index (χ4n) is 3.31. The maximum atomic E-state index is 11.5. The molecular formula is C21H20N2O5. The molecule has 1 amide bonds. The minimum atomic E-state index is -0.162. The van der Waals surface area contributed by atoms with Crippen molar-refractivity contribution in [1.29, 1.82) is 0 Å². The largest absolute Gasteiger partial charge is 0.496 e. The smallest absolute Gasteiger partial charge is 0.231 e. The van der Waals surface area contributed by atoms with E-state index in [1.165, 1.54) is 6.92 Å². The van der Waals surface area contributed by atoms with Crippen molar-refractivity contribution in [1.82, 2.24) is 4.98 Å². The Hall–Kier alpha value is -3.48. The first-order valence-corrected chi connectivity index (χ1v) is 8.75. The Morgan fingerprint density at radius 3 is 2.43 bits per heavy atom. The average Bonchev–Trinajstić information content (AvgIpc) is 3.13. The second kappa shape index (κ2) is 6.92. The molecule has 4 rings (SSSR count). The number of benzene rings is 2. The van der Waals surface area contributed by atoms with E-state index < -0.39 is 0 Å². The Morgan fingerprint density at radius 1 is 1.04 bits per heavy atom. The van der Waals surface area contributed by atoms with Crippen LogP contribution in [0, 0.1) is 6.92 Å². The second-order valence-corrected chi connectivity index (χ2v) is 6.48. The summed E-state index contributed by atoms with van der Waals surface area (Å²) in [6.07, 6.45) is 0. The topological polar surface area (TPSA) is 78.9 Å². The van der Waals surface area contributed by atoms with E-state index in [9.17, 15) is 4.79 Å². The van der Waals surface area contributed by atoms with Gasteiger partial charge in [0, 0.05) is 30.0 Å². The third kappa shape index (κ3) is 3.05. The van der Waals surface area contributed by atoms with Gasteiger partial charge >= 0.3 is 0 Å². The van der Waals surface area contributed by atoms with Crippen LogP contribution in [0.2, 0.25) is 0 Å². The number of ether oxygens (including phenoxy) is 4. The third-order valence-electron chi connectivity index (χ3n) is 4.62. The molecule has 1 N–H and O–H groups in total. The van der Waals surface area contributed by atoms with Crippen LogP contribution in [0.15, 0.2) is 30.3 Å². The van der Waals surface area contributed by atoms with E-state index in [1.54, 1.807) is 20.3 Å². The lowest BCUT2D eigenvalue weighted by Crippen LogP contribution is -2.07. The van der Waals surface area contributed by atoms with E-state index >= 15 is 0 Å². The number of amides is 1. The number of nitrogens with zero attached hydrogens (tertiary/aromatic N) is 1. The molecule has 0 saturated heterocycles. The zero-order chi connectivity index (χ0) is 19.8. The summed E-state index contributed by atoms with van der Waals surface area (Å²) in [5.41, 5.74) is 3.92. The Kier molecular flexibility index (Phi) is 4.43. The highest BCUT2D eigenvalue weighted by Gasteiger charge is 2.20. The number of pyridine rings is 1. The molecule has 7 nitrogen and oxygen atoms in total. The first-order valence-electron chi connectivity index (χ1n) is 8.75. The standard InChI is InChI=1S/C21H20N2O5/c1-11-5-15(14-7-20-21(28-10-27-20)9-18(14)25-3)23-16-8-19(26-4)17(6-13(11)16)22-12(2)24/h5-9H,10H2,1-4H3,(H,22,24). The molecule has 0 saturated carbocycles. The zero-order valence-electron chi connectivity index (χ0n) is 16.1. The van der Waals surface area contributed by atoms with E-state index in [2.05, 4.69) is 5.32 Å². The second-order valence-electron chi connectivity index (χ2n) is 6.48. The molecule has 0 aliphatic carbocycles. The maximum Gasteiger partial charge on any atom is 0.231 e. The molecule has 1 aliphatic heterocycles. The monoisotopic (exact) mass is 380 g/mol. The van der Waals surface area contributed by atoms with Gasteiger partial charge in [0.05, 0.1) is 31.1 Å². The lowest BCUT2D eigenvalue weighted by molar-refractivity contribution is -0.114. The summed E-state index contributed by atoms with van der Waals surface area (Å²) in [7, 11) is 3.17. The van der Waals surface area contributed by atoms with Gasteiger partial charge in [0.1, 0.15) is 11.5 Å². The van der Waals surface area contributed by atoms with Gasteiger partial charge in [0.2, 0.25) is 12.7 Å². The summed E-state index contributed by atoms with van der Waals surface area (Å²) < 4.78 is 21.9. The van der Waals surface area contributed by atoms with Gasteiger partial charge in [-0.2, -0.15) is 0 Å². The summed E-state index contributed by atoms with van der Waals surface area (Å²) in [5, 5.41) is 3.72. The van der Waals surface area contributed by atoms with Gasteiger partial charge in [0.15, 0.2) is 11.5 Å². The number of fused-ring (bicyclic) bond motifs is 2. The van der Waals surface area contributed by atoms with Gasteiger partial charge in [-0.3, -0.25) is 4.79 Å². The van der Waals surface area contributed by atoms with Crippen LogP contribution in [0.1, 0.15) is 12.5 Å². The van der Waals surface area contributed by atoms with Crippen LogP contribution >= 0.6 is 0 Å². The fourth-order valence-corrected chi connectivity index (χ4v) is 3.31.